The Kier molecular flexibility index (Phi) is 3.04. The molecule has 2 heterocycles. The molecule has 0 aromatic heterocycles. The summed E-state index contributed by atoms with van der Waals surface area (Å²) in [6, 6.07) is 7.76. The van der Waals surface area contributed by atoms with Crippen LogP contribution in [0.15, 0.2) is 18.2 Å². The summed E-state index contributed by atoms with van der Waals surface area (Å²) in [7, 11) is 2.23. The van der Waals surface area contributed by atoms with Crippen molar-refractivity contribution in [2.24, 2.45) is 0 Å². The van der Waals surface area contributed by atoms with Crippen LogP contribution in [0, 0.1) is 0 Å². The highest BCUT2D eigenvalue weighted by molar-refractivity contribution is 5.51. The van der Waals surface area contributed by atoms with Crippen LogP contribution >= 0.6 is 0 Å². The molecule has 2 N–H and O–H groups in total. The van der Waals surface area contributed by atoms with Gasteiger partial charge in [-0.15, -0.1) is 0 Å². The Morgan fingerprint density at radius 2 is 2.17 bits per heavy atom. The predicted octanol–water partition coefficient (Wildman–Crippen LogP) is 1.72. The monoisotopic (exact) mass is 245 g/mol. The van der Waals surface area contributed by atoms with E-state index in [2.05, 4.69) is 35.9 Å². The second kappa shape index (κ2) is 4.56. The molecule has 1 fully saturated rings. The highest BCUT2D eigenvalue weighted by Crippen LogP contribution is 2.29. The normalized spacial score (nSPS) is 29.4. The fourth-order valence-electron chi connectivity index (χ4n) is 3.36. The van der Waals surface area contributed by atoms with Crippen molar-refractivity contribution in [1.29, 1.82) is 0 Å². The molecular formula is C15H23N3. The highest BCUT2D eigenvalue weighted by atomic mass is 15.3. The smallest absolute Gasteiger partial charge is 0.0362 e. The van der Waals surface area contributed by atoms with E-state index in [4.69, 9.17) is 5.73 Å². The summed E-state index contributed by atoms with van der Waals surface area (Å²) in [5.74, 6) is 0. The number of likely N-dealkylation sites (tertiary alicyclic amines) is 1. The maximum Gasteiger partial charge on any atom is 0.0362 e. The third-order valence-corrected chi connectivity index (χ3v) is 4.72. The molecule has 3 heteroatoms. The minimum Gasteiger partial charge on any atom is -0.398 e. The first-order valence-electron chi connectivity index (χ1n) is 6.95. The fraction of sp³-hybridized carbons (Fsp3) is 0.600. The van der Waals surface area contributed by atoms with Gasteiger partial charge in [0.2, 0.25) is 0 Å². The van der Waals surface area contributed by atoms with Gasteiger partial charge in [-0.2, -0.15) is 0 Å². The lowest BCUT2D eigenvalue weighted by Crippen LogP contribution is -2.40. The van der Waals surface area contributed by atoms with Gasteiger partial charge < -0.3 is 10.6 Å². The molecule has 2 unspecified atom stereocenters. The number of fused-ring (bicyclic) bond motifs is 1. The summed E-state index contributed by atoms with van der Waals surface area (Å²) < 4.78 is 0. The number of nitrogens with two attached hydrogens (primary N) is 1. The summed E-state index contributed by atoms with van der Waals surface area (Å²) in [6.07, 6.45) is 2.44. The molecule has 1 aromatic rings. The number of anilines is 1. The molecule has 18 heavy (non-hydrogen) atoms. The van der Waals surface area contributed by atoms with Crippen LogP contribution in [-0.4, -0.2) is 42.0 Å². The topological polar surface area (TPSA) is 32.5 Å². The van der Waals surface area contributed by atoms with Crippen molar-refractivity contribution in [2.45, 2.75) is 38.4 Å². The molecule has 3 nitrogen and oxygen atoms in total. The van der Waals surface area contributed by atoms with Crippen molar-refractivity contribution in [3.8, 4) is 0 Å². The summed E-state index contributed by atoms with van der Waals surface area (Å²) in [5, 5.41) is 0. The lowest BCUT2D eigenvalue weighted by Gasteiger charge is -2.34. The molecule has 3 rings (SSSR count). The average molecular weight is 245 g/mol. The number of nitrogens with zero attached hydrogens (tertiary/aromatic N) is 2. The fourth-order valence-corrected chi connectivity index (χ4v) is 3.36. The molecule has 0 saturated carbocycles. The first kappa shape index (κ1) is 12.0. The number of rotatable bonds is 1. The van der Waals surface area contributed by atoms with E-state index in [0.29, 0.717) is 12.1 Å². The highest BCUT2D eigenvalue weighted by Gasteiger charge is 2.32. The molecule has 1 saturated heterocycles. The Labute approximate surface area is 110 Å². The zero-order valence-corrected chi connectivity index (χ0v) is 11.4. The van der Waals surface area contributed by atoms with Gasteiger partial charge in [-0.25, -0.2) is 0 Å². The first-order valence-corrected chi connectivity index (χ1v) is 6.95. The Balaban J connectivity index is 1.77. The van der Waals surface area contributed by atoms with Crippen molar-refractivity contribution in [2.75, 3.05) is 25.9 Å². The van der Waals surface area contributed by atoms with Gasteiger partial charge in [-0.1, -0.05) is 12.1 Å². The lowest BCUT2D eigenvalue weighted by molar-refractivity contribution is 0.181. The van der Waals surface area contributed by atoms with Gasteiger partial charge >= 0.3 is 0 Å². The minimum atomic E-state index is 0.706. The SMILES string of the molecule is CC1CC(N2CCc3cccc(N)c3C2)CN1C. The second-order valence-corrected chi connectivity index (χ2v) is 5.88. The van der Waals surface area contributed by atoms with Crippen LogP contribution in [-0.2, 0) is 13.0 Å². The Bertz CT molecular complexity index is 433. The summed E-state index contributed by atoms with van der Waals surface area (Å²) in [6.45, 7) is 5.74. The Morgan fingerprint density at radius 3 is 2.89 bits per heavy atom. The maximum atomic E-state index is 6.12. The van der Waals surface area contributed by atoms with Crippen LogP contribution in [0.3, 0.4) is 0 Å². The number of likely N-dealkylation sites (N-methyl/N-ethyl adjacent to an activating group) is 1. The van der Waals surface area contributed by atoms with Crippen LogP contribution < -0.4 is 5.73 Å². The quantitative estimate of drug-likeness (QED) is 0.765. The van der Waals surface area contributed by atoms with E-state index >= 15 is 0 Å². The van der Waals surface area contributed by atoms with Gasteiger partial charge in [0.25, 0.3) is 0 Å². The first-order chi connectivity index (χ1) is 8.65. The molecule has 2 aliphatic rings. The van der Waals surface area contributed by atoms with Crippen molar-refractivity contribution in [3.63, 3.8) is 0 Å². The number of benzene rings is 1. The number of nitrogen functional groups attached to an aromatic ring is 1. The molecule has 0 radical (unpaired) electrons. The average Bonchev–Trinajstić information content (AvgIpc) is 2.70. The zero-order valence-electron chi connectivity index (χ0n) is 11.4. The van der Waals surface area contributed by atoms with E-state index in [9.17, 15) is 0 Å². The van der Waals surface area contributed by atoms with Crippen LogP contribution in [0.1, 0.15) is 24.5 Å². The molecular weight excluding hydrogens is 222 g/mol. The number of hydrogen-bond donors (Lipinski definition) is 1. The van der Waals surface area contributed by atoms with Gasteiger partial charge in [0, 0.05) is 37.4 Å². The van der Waals surface area contributed by atoms with E-state index < -0.39 is 0 Å². The van der Waals surface area contributed by atoms with Crippen molar-refractivity contribution in [1.82, 2.24) is 9.80 Å². The minimum absolute atomic E-state index is 0.706. The molecule has 1 aromatic carbocycles. The van der Waals surface area contributed by atoms with E-state index in [1.807, 2.05) is 6.07 Å². The van der Waals surface area contributed by atoms with Gasteiger partial charge in [0.05, 0.1) is 0 Å². The number of hydrogen-bond acceptors (Lipinski definition) is 3. The molecule has 0 spiro atoms. The molecule has 98 valence electrons. The van der Waals surface area contributed by atoms with Crippen molar-refractivity contribution in [3.05, 3.63) is 29.3 Å². The van der Waals surface area contributed by atoms with Gasteiger partial charge in [0.1, 0.15) is 0 Å². The lowest BCUT2D eigenvalue weighted by atomic mass is 9.96. The van der Waals surface area contributed by atoms with Gasteiger partial charge in [-0.05, 0) is 44.0 Å². The predicted molar refractivity (Wildman–Crippen MR) is 75.5 cm³/mol. The summed E-state index contributed by atoms with van der Waals surface area (Å²) >= 11 is 0. The van der Waals surface area contributed by atoms with Gasteiger partial charge in [0.15, 0.2) is 0 Å². The summed E-state index contributed by atoms with van der Waals surface area (Å²) in [5.41, 5.74) is 9.91. The molecule has 0 amide bonds. The molecule has 0 bridgehead atoms. The maximum absolute atomic E-state index is 6.12. The largest absolute Gasteiger partial charge is 0.398 e. The van der Waals surface area contributed by atoms with Crippen LogP contribution in [0.4, 0.5) is 5.69 Å². The molecule has 2 atom stereocenters. The zero-order chi connectivity index (χ0) is 12.7. The van der Waals surface area contributed by atoms with E-state index in [-0.39, 0.29) is 0 Å². The standard InChI is InChI=1S/C15H23N3/c1-11-8-13(9-17(11)2)18-7-6-12-4-3-5-15(16)14(12)10-18/h3-5,11,13H,6-10,16H2,1-2H3. The third kappa shape index (κ3) is 2.02. The van der Waals surface area contributed by atoms with E-state index in [1.165, 1.54) is 30.6 Å². The van der Waals surface area contributed by atoms with Gasteiger partial charge in [-0.3, -0.25) is 4.90 Å². The molecule has 0 aliphatic carbocycles. The van der Waals surface area contributed by atoms with E-state index in [1.54, 1.807) is 0 Å². The second-order valence-electron chi connectivity index (χ2n) is 5.88. The Hall–Kier alpha value is -1.06. The van der Waals surface area contributed by atoms with E-state index in [0.717, 1.165) is 18.7 Å². The van der Waals surface area contributed by atoms with Crippen molar-refractivity contribution >= 4 is 5.69 Å². The Morgan fingerprint density at radius 1 is 1.33 bits per heavy atom. The van der Waals surface area contributed by atoms with Crippen LogP contribution in [0.5, 0.6) is 0 Å². The van der Waals surface area contributed by atoms with Crippen LogP contribution in [0.2, 0.25) is 0 Å². The summed E-state index contributed by atoms with van der Waals surface area (Å²) in [4.78, 5) is 5.09. The molecule has 2 aliphatic heterocycles. The third-order valence-electron chi connectivity index (χ3n) is 4.72. The van der Waals surface area contributed by atoms with Crippen molar-refractivity contribution < 1.29 is 0 Å². The van der Waals surface area contributed by atoms with Crippen LogP contribution in [0.25, 0.3) is 0 Å².